The van der Waals surface area contributed by atoms with Crippen LogP contribution in [0, 0.1) is 0 Å². The van der Waals surface area contributed by atoms with Gasteiger partial charge >= 0.3 is 0 Å². The first kappa shape index (κ1) is 21.1. The first-order valence-corrected chi connectivity index (χ1v) is 10.8. The maximum Gasteiger partial charge on any atom is 0.248 e. The average Bonchev–Trinajstić information content (AvgIpc) is 3.43. The first-order valence-electron chi connectivity index (χ1n) is 10.8. The monoisotopic (exact) mass is 418 g/mol. The Hall–Kier alpha value is -3.12. The molecule has 6 heteroatoms. The van der Waals surface area contributed by atoms with Crippen LogP contribution in [0.4, 0.5) is 5.69 Å². The second-order valence-electron chi connectivity index (χ2n) is 8.41. The predicted molar refractivity (Wildman–Crippen MR) is 125 cm³/mol. The number of hydrogen-bond acceptors (Lipinski definition) is 6. The van der Waals surface area contributed by atoms with Crippen molar-refractivity contribution >= 4 is 17.8 Å². The van der Waals surface area contributed by atoms with Crippen LogP contribution in [0.25, 0.3) is 23.6 Å². The summed E-state index contributed by atoms with van der Waals surface area (Å²) < 4.78 is 11.5. The minimum Gasteiger partial charge on any atom is -0.491 e. The average molecular weight is 419 g/mol. The van der Waals surface area contributed by atoms with Crippen LogP contribution in [0.1, 0.15) is 31.7 Å². The molecular weight excluding hydrogens is 388 g/mol. The molecule has 0 spiro atoms. The Morgan fingerprint density at radius 2 is 1.77 bits per heavy atom. The van der Waals surface area contributed by atoms with Gasteiger partial charge in [-0.3, -0.25) is 0 Å². The molecule has 2 heterocycles. The molecule has 2 aromatic carbocycles. The van der Waals surface area contributed by atoms with Crippen LogP contribution < -0.4 is 9.64 Å². The highest BCUT2D eigenvalue weighted by atomic mass is 16.5. The van der Waals surface area contributed by atoms with Crippen molar-refractivity contribution in [3.63, 3.8) is 0 Å². The lowest BCUT2D eigenvalue weighted by atomic mass is 10.2. The minimum absolute atomic E-state index is 0.164. The normalized spacial score (nSPS) is 16.7. The van der Waals surface area contributed by atoms with Crippen molar-refractivity contribution < 1.29 is 9.15 Å². The number of likely N-dealkylation sites (N-methyl/N-ethyl adjacent to an activating group) is 1. The molecule has 3 aromatic rings. The maximum atomic E-state index is 5.83. The fourth-order valence-electron chi connectivity index (χ4n) is 3.73. The quantitative estimate of drug-likeness (QED) is 0.548. The summed E-state index contributed by atoms with van der Waals surface area (Å²) in [6.07, 6.45) is 5.14. The van der Waals surface area contributed by atoms with E-state index in [9.17, 15) is 0 Å². The molecule has 0 amide bonds. The lowest BCUT2D eigenvalue weighted by Gasteiger charge is -2.21. The minimum atomic E-state index is 0.164. The van der Waals surface area contributed by atoms with E-state index in [0.29, 0.717) is 17.8 Å². The number of anilines is 1. The van der Waals surface area contributed by atoms with Crippen molar-refractivity contribution in [2.75, 3.05) is 32.1 Å². The van der Waals surface area contributed by atoms with Crippen molar-refractivity contribution in [3.8, 4) is 17.2 Å². The number of aromatic nitrogens is 2. The molecule has 0 bridgehead atoms. The smallest absolute Gasteiger partial charge is 0.248 e. The molecule has 0 N–H and O–H groups in total. The Labute approximate surface area is 184 Å². The van der Waals surface area contributed by atoms with Crippen molar-refractivity contribution in [1.29, 1.82) is 0 Å². The standard InChI is InChI=1S/C25H30N4O2/c1-18(2)30-23-12-5-19(6-13-23)7-14-24-26-27-25(31-24)20-8-10-21(11-9-20)29-16-15-22(17-29)28(3)4/h5-14,18,22H,15-17H2,1-4H3/b14-7+. The van der Waals surface area contributed by atoms with Gasteiger partial charge in [-0.15, -0.1) is 10.2 Å². The third kappa shape index (κ3) is 5.33. The number of hydrogen-bond donors (Lipinski definition) is 0. The van der Waals surface area contributed by atoms with Crippen molar-refractivity contribution in [1.82, 2.24) is 15.1 Å². The summed E-state index contributed by atoms with van der Waals surface area (Å²) in [5, 5.41) is 8.35. The van der Waals surface area contributed by atoms with Crippen molar-refractivity contribution in [3.05, 3.63) is 60.0 Å². The summed E-state index contributed by atoms with van der Waals surface area (Å²) in [5.41, 5.74) is 3.20. The Morgan fingerprint density at radius 3 is 2.42 bits per heavy atom. The molecule has 1 saturated heterocycles. The fraction of sp³-hybridized carbons (Fsp3) is 0.360. The van der Waals surface area contributed by atoms with E-state index in [1.807, 2.05) is 62.4 Å². The number of nitrogens with zero attached hydrogens (tertiary/aromatic N) is 4. The van der Waals surface area contributed by atoms with Gasteiger partial charge in [0.2, 0.25) is 11.8 Å². The molecule has 1 aliphatic rings. The predicted octanol–water partition coefficient (Wildman–Crippen LogP) is 4.83. The van der Waals surface area contributed by atoms with E-state index in [2.05, 4.69) is 46.2 Å². The van der Waals surface area contributed by atoms with Gasteiger partial charge < -0.3 is 19.0 Å². The molecule has 4 rings (SSSR count). The van der Waals surface area contributed by atoms with Crippen LogP contribution >= 0.6 is 0 Å². The second-order valence-corrected chi connectivity index (χ2v) is 8.41. The summed E-state index contributed by atoms with van der Waals surface area (Å²) in [7, 11) is 4.30. The summed E-state index contributed by atoms with van der Waals surface area (Å²) >= 11 is 0. The lowest BCUT2D eigenvalue weighted by Crippen LogP contribution is -2.31. The SMILES string of the molecule is CC(C)Oc1ccc(/C=C/c2nnc(-c3ccc(N4CCC(N(C)C)C4)cc3)o2)cc1. The van der Waals surface area contributed by atoms with Gasteiger partial charge in [0.25, 0.3) is 0 Å². The Bertz CT molecular complexity index is 1010. The Kier molecular flexibility index (Phi) is 6.37. The Morgan fingerprint density at radius 1 is 1.03 bits per heavy atom. The van der Waals surface area contributed by atoms with Gasteiger partial charge in [-0.2, -0.15) is 0 Å². The molecule has 0 aliphatic carbocycles. The van der Waals surface area contributed by atoms with Crippen molar-refractivity contribution in [2.24, 2.45) is 0 Å². The second kappa shape index (κ2) is 9.35. The van der Waals surface area contributed by atoms with Crippen molar-refractivity contribution in [2.45, 2.75) is 32.4 Å². The number of benzene rings is 2. The number of ether oxygens (including phenoxy) is 1. The van der Waals surface area contributed by atoms with Gasteiger partial charge in [0.05, 0.1) is 6.10 Å². The summed E-state index contributed by atoms with van der Waals surface area (Å²) in [6.45, 7) is 6.18. The van der Waals surface area contributed by atoms with Gasteiger partial charge in [0.1, 0.15) is 5.75 Å². The van der Waals surface area contributed by atoms with E-state index in [4.69, 9.17) is 9.15 Å². The molecule has 1 aliphatic heterocycles. The zero-order chi connectivity index (χ0) is 21.8. The highest BCUT2D eigenvalue weighted by Crippen LogP contribution is 2.26. The van der Waals surface area contributed by atoms with E-state index >= 15 is 0 Å². The highest BCUT2D eigenvalue weighted by Gasteiger charge is 2.24. The summed E-state index contributed by atoms with van der Waals surface area (Å²) in [5.74, 6) is 1.87. The van der Waals surface area contributed by atoms with Gasteiger partial charge in [-0.25, -0.2) is 0 Å². The summed E-state index contributed by atoms with van der Waals surface area (Å²) in [6, 6.07) is 16.9. The third-order valence-electron chi connectivity index (χ3n) is 5.48. The van der Waals surface area contributed by atoms with Gasteiger partial charge in [0, 0.05) is 36.5 Å². The molecule has 6 nitrogen and oxygen atoms in total. The molecule has 162 valence electrons. The fourth-order valence-corrected chi connectivity index (χ4v) is 3.73. The molecule has 0 saturated carbocycles. The van der Waals surface area contributed by atoms with Crippen LogP contribution in [0.2, 0.25) is 0 Å². The van der Waals surface area contributed by atoms with Crippen LogP contribution in [-0.4, -0.2) is 54.4 Å². The van der Waals surface area contributed by atoms with E-state index in [1.54, 1.807) is 0 Å². The number of rotatable bonds is 7. The lowest BCUT2D eigenvalue weighted by molar-refractivity contribution is 0.242. The third-order valence-corrected chi connectivity index (χ3v) is 5.48. The molecule has 0 radical (unpaired) electrons. The molecule has 1 fully saturated rings. The Balaban J connectivity index is 1.39. The zero-order valence-electron chi connectivity index (χ0n) is 18.7. The van der Waals surface area contributed by atoms with Gasteiger partial charge in [-0.1, -0.05) is 12.1 Å². The van der Waals surface area contributed by atoms with Gasteiger partial charge in [0.15, 0.2) is 0 Å². The van der Waals surface area contributed by atoms with Crippen LogP contribution in [0.3, 0.4) is 0 Å². The topological polar surface area (TPSA) is 54.6 Å². The van der Waals surface area contributed by atoms with E-state index < -0.39 is 0 Å². The largest absolute Gasteiger partial charge is 0.491 e. The molecule has 1 unspecified atom stereocenters. The molecule has 1 atom stereocenters. The molecule has 31 heavy (non-hydrogen) atoms. The maximum absolute atomic E-state index is 5.83. The zero-order valence-corrected chi connectivity index (χ0v) is 18.7. The van der Waals surface area contributed by atoms with E-state index in [-0.39, 0.29) is 6.10 Å². The first-order chi connectivity index (χ1) is 15.0. The van der Waals surface area contributed by atoms with E-state index in [0.717, 1.165) is 30.0 Å². The van der Waals surface area contributed by atoms with Crippen LogP contribution in [-0.2, 0) is 0 Å². The summed E-state index contributed by atoms with van der Waals surface area (Å²) in [4.78, 5) is 4.73. The molecule has 1 aromatic heterocycles. The van der Waals surface area contributed by atoms with Crippen LogP contribution in [0.5, 0.6) is 5.75 Å². The highest BCUT2D eigenvalue weighted by molar-refractivity contribution is 5.67. The van der Waals surface area contributed by atoms with E-state index in [1.165, 1.54) is 12.1 Å². The van der Waals surface area contributed by atoms with Crippen LogP contribution in [0.15, 0.2) is 52.9 Å². The molecular formula is C25H30N4O2. The van der Waals surface area contributed by atoms with Gasteiger partial charge in [-0.05, 0) is 82.4 Å².